The van der Waals surface area contributed by atoms with Crippen molar-refractivity contribution in [3.05, 3.63) is 24.3 Å². The Kier molecular flexibility index (Phi) is 13.9. The Hall–Kier alpha value is -1.37. The van der Waals surface area contributed by atoms with Gasteiger partial charge in [-0.05, 0) is 51.4 Å². The second-order valence-corrected chi connectivity index (χ2v) is 8.75. The first-order chi connectivity index (χ1) is 15.3. The summed E-state index contributed by atoms with van der Waals surface area (Å²) in [7, 11) is 0. The molecule has 0 heterocycles. The van der Waals surface area contributed by atoms with Gasteiger partial charge in [-0.2, -0.15) is 0 Å². The molecule has 0 spiro atoms. The number of Topliss-reactive ketones (excluding diaryl/α,β-unsaturated/α-hetero) is 2. The van der Waals surface area contributed by atoms with Crippen LogP contribution in [0.1, 0.15) is 46.0 Å². The van der Waals surface area contributed by atoms with E-state index < -0.39 is 11.3 Å². The number of carbonyl (C=O) groups excluding carboxylic acids is 4. The maximum absolute atomic E-state index is 11.8. The van der Waals surface area contributed by atoms with Crippen LogP contribution in [0.5, 0.6) is 0 Å². The fourth-order valence-corrected chi connectivity index (χ4v) is 4.27. The third-order valence-corrected chi connectivity index (χ3v) is 5.75. The van der Waals surface area contributed by atoms with Crippen molar-refractivity contribution < 1.29 is 28.7 Å². The number of rotatable bonds is 3. The van der Waals surface area contributed by atoms with E-state index in [4.69, 9.17) is 39.5 Å². The van der Waals surface area contributed by atoms with Crippen LogP contribution in [0.4, 0.5) is 4.79 Å². The van der Waals surface area contributed by atoms with Gasteiger partial charge in [0, 0.05) is 29.9 Å². The van der Waals surface area contributed by atoms with E-state index in [1.54, 1.807) is 13.8 Å². The highest BCUT2D eigenvalue weighted by Crippen LogP contribution is 2.38. The predicted octanol–water partition coefficient (Wildman–Crippen LogP) is 5.68. The van der Waals surface area contributed by atoms with Crippen LogP contribution in [-0.2, 0) is 23.9 Å². The van der Waals surface area contributed by atoms with Crippen molar-refractivity contribution in [2.75, 3.05) is 18.6 Å². The zero-order valence-corrected chi connectivity index (χ0v) is 20.7. The summed E-state index contributed by atoms with van der Waals surface area (Å²) in [5.74, 6) is 0.629. The summed E-state index contributed by atoms with van der Waals surface area (Å²) in [5.41, 5.74) is -0.738. The smallest absolute Gasteiger partial charge is 0.403 e. The molecule has 0 amide bonds. The zero-order chi connectivity index (χ0) is 24.1. The summed E-state index contributed by atoms with van der Waals surface area (Å²) < 4.78 is 9.08. The number of carbonyl (C=O) groups is 4. The highest BCUT2D eigenvalue weighted by atomic mass is 35.5. The van der Waals surface area contributed by atoms with Crippen LogP contribution in [0, 0.1) is 29.6 Å². The molecule has 32 heavy (non-hydrogen) atoms. The summed E-state index contributed by atoms with van der Waals surface area (Å²) in [6, 6.07) is 0. The summed E-state index contributed by atoms with van der Waals surface area (Å²) in [6.07, 6.45) is 13.2. The minimum absolute atomic E-state index is 0.0330. The van der Waals surface area contributed by atoms with Crippen LogP contribution < -0.4 is 0 Å². The maximum atomic E-state index is 11.8. The standard InChI is InChI=1S/C11H14O3.C8H10O.C3H5ClO2.CH2Cl2/c1-2-14-11(13)9-7-3-5-8(6-4-7)10(9)12;9-8-5-6-1-3-7(8)4-2-6;1-2-6-3(4)5;2-1-3/h3,5,7-9H,2,4,6H2,1H3;1,3,6-7H,2,4-5H2;2H2,1H3;1H2. The van der Waals surface area contributed by atoms with E-state index in [1.807, 2.05) is 12.2 Å². The Labute approximate surface area is 204 Å². The number of ketones is 2. The minimum Gasteiger partial charge on any atom is -0.465 e. The number of allylic oxidation sites excluding steroid dienone is 4. The van der Waals surface area contributed by atoms with E-state index in [2.05, 4.69) is 16.9 Å². The topological polar surface area (TPSA) is 86.7 Å². The fraction of sp³-hybridized carbons (Fsp3) is 0.652. The van der Waals surface area contributed by atoms with E-state index in [9.17, 15) is 19.2 Å². The summed E-state index contributed by atoms with van der Waals surface area (Å²) in [5, 5.41) is 0.194. The van der Waals surface area contributed by atoms with Gasteiger partial charge in [-0.25, -0.2) is 4.79 Å². The zero-order valence-electron chi connectivity index (χ0n) is 18.4. The lowest BCUT2D eigenvalue weighted by Gasteiger charge is -2.34. The van der Waals surface area contributed by atoms with Gasteiger partial charge in [0.15, 0.2) is 5.78 Å². The van der Waals surface area contributed by atoms with Gasteiger partial charge in [0.05, 0.1) is 18.6 Å². The van der Waals surface area contributed by atoms with Gasteiger partial charge < -0.3 is 9.47 Å². The normalized spacial score (nSPS) is 28.3. The number of hydrogen-bond donors (Lipinski definition) is 0. The Morgan fingerprint density at radius 2 is 1.50 bits per heavy atom. The molecule has 6 aliphatic rings. The molecule has 180 valence electrons. The molecule has 0 aromatic rings. The number of fused-ring (bicyclic) bond motifs is 4. The Balaban J connectivity index is 0.000000245. The second kappa shape index (κ2) is 15.5. The molecular formula is C23H31Cl3O6. The lowest BCUT2D eigenvalue weighted by molar-refractivity contribution is -0.156. The van der Waals surface area contributed by atoms with Crippen molar-refractivity contribution in [2.45, 2.75) is 46.0 Å². The molecule has 2 fully saturated rings. The molecule has 5 atom stereocenters. The van der Waals surface area contributed by atoms with Crippen molar-refractivity contribution in [1.82, 2.24) is 0 Å². The van der Waals surface area contributed by atoms with Crippen LogP contribution in [-0.4, -0.2) is 41.5 Å². The lowest BCUT2D eigenvalue weighted by atomic mass is 9.68. The number of halogens is 3. The van der Waals surface area contributed by atoms with Crippen LogP contribution in [0.15, 0.2) is 24.3 Å². The second-order valence-electron chi connectivity index (χ2n) is 7.64. The molecule has 4 bridgehead atoms. The fourth-order valence-electron chi connectivity index (χ4n) is 4.16. The number of ether oxygens (including phenoxy) is 2. The van der Waals surface area contributed by atoms with Crippen molar-refractivity contribution in [1.29, 1.82) is 0 Å². The molecule has 6 rings (SSSR count). The van der Waals surface area contributed by atoms with Gasteiger partial charge in [0.1, 0.15) is 11.7 Å². The molecule has 5 unspecified atom stereocenters. The van der Waals surface area contributed by atoms with Crippen molar-refractivity contribution in [3.8, 4) is 0 Å². The molecule has 0 aliphatic heterocycles. The van der Waals surface area contributed by atoms with E-state index in [1.165, 1.54) is 6.42 Å². The number of hydrogen-bond acceptors (Lipinski definition) is 6. The molecule has 6 nitrogen and oxygen atoms in total. The lowest BCUT2D eigenvalue weighted by Crippen LogP contribution is -2.42. The van der Waals surface area contributed by atoms with Crippen LogP contribution >= 0.6 is 34.8 Å². The first kappa shape index (κ1) is 28.7. The van der Waals surface area contributed by atoms with Gasteiger partial charge in [0.25, 0.3) is 0 Å². The molecule has 2 saturated carbocycles. The highest BCUT2D eigenvalue weighted by molar-refractivity contribution is 6.61. The largest absolute Gasteiger partial charge is 0.465 e. The van der Waals surface area contributed by atoms with E-state index in [-0.39, 0.29) is 28.9 Å². The van der Waals surface area contributed by atoms with E-state index >= 15 is 0 Å². The van der Waals surface area contributed by atoms with Crippen molar-refractivity contribution in [2.24, 2.45) is 29.6 Å². The molecule has 0 radical (unpaired) electrons. The Morgan fingerprint density at radius 1 is 0.906 bits per heavy atom. The first-order valence-corrected chi connectivity index (χ1v) is 12.3. The molecular weight excluding hydrogens is 479 g/mol. The van der Waals surface area contributed by atoms with Gasteiger partial charge in [-0.3, -0.25) is 14.4 Å². The first-order valence-electron chi connectivity index (χ1n) is 10.8. The third kappa shape index (κ3) is 9.24. The van der Waals surface area contributed by atoms with Crippen molar-refractivity contribution >= 4 is 57.8 Å². The number of alkyl halides is 2. The predicted molar refractivity (Wildman–Crippen MR) is 125 cm³/mol. The highest BCUT2D eigenvalue weighted by Gasteiger charge is 2.44. The summed E-state index contributed by atoms with van der Waals surface area (Å²) in [4.78, 5) is 43.9. The number of esters is 1. The van der Waals surface area contributed by atoms with E-state index in [0.29, 0.717) is 30.8 Å². The minimum atomic E-state index is -0.738. The monoisotopic (exact) mass is 508 g/mol. The molecule has 0 aromatic carbocycles. The van der Waals surface area contributed by atoms with E-state index in [0.717, 1.165) is 25.7 Å². The van der Waals surface area contributed by atoms with Gasteiger partial charge in [0.2, 0.25) is 0 Å². The Morgan fingerprint density at radius 3 is 1.78 bits per heavy atom. The van der Waals surface area contributed by atoms with Crippen LogP contribution in [0.25, 0.3) is 0 Å². The average Bonchev–Trinajstić information content (AvgIpc) is 2.77. The van der Waals surface area contributed by atoms with Gasteiger partial charge in [-0.15, -0.1) is 23.2 Å². The van der Waals surface area contributed by atoms with Gasteiger partial charge >= 0.3 is 11.4 Å². The van der Waals surface area contributed by atoms with Gasteiger partial charge in [-0.1, -0.05) is 24.3 Å². The molecule has 6 aliphatic carbocycles. The molecule has 0 N–H and O–H groups in total. The summed E-state index contributed by atoms with van der Waals surface area (Å²) in [6.45, 7) is 4.16. The van der Waals surface area contributed by atoms with Crippen molar-refractivity contribution in [3.63, 3.8) is 0 Å². The van der Waals surface area contributed by atoms with Crippen LogP contribution in [0.2, 0.25) is 0 Å². The third-order valence-electron chi connectivity index (χ3n) is 5.64. The maximum Gasteiger partial charge on any atom is 0.403 e. The Bertz CT molecular complexity index is 706. The molecule has 0 aromatic heterocycles. The van der Waals surface area contributed by atoms with Crippen LogP contribution in [0.3, 0.4) is 0 Å². The average molecular weight is 510 g/mol. The molecule has 0 saturated heterocycles. The quantitative estimate of drug-likeness (QED) is 0.160. The molecule has 9 heteroatoms. The summed E-state index contributed by atoms with van der Waals surface area (Å²) >= 11 is 14.2. The SMILES string of the molecule is CCOC(=O)C1C(=O)C2C=CC1CC2.CCOC(=O)Cl.ClCCl.O=C1CC2C=CC1CC2.